The molecule has 1 N–H and O–H groups in total. The molecule has 2 rings (SSSR count). The zero-order valence-corrected chi connectivity index (χ0v) is 10.3. The Morgan fingerprint density at radius 1 is 1.38 bits per heavy atom. The summed E-state index contributed by atoms with van der Waals surface area (Å²) < 4.78 is 2.03. The third-order valence-corrected chi connectivity index (χ3v) is 3.80. The molecule has 0 spiro atoms. The number of hydrogen-bond acceptors (Lipinski definition) is 3. The molecule has 1 fully saturated rings. The van der Waals surface area contributed by atoms with E-state index in [1.54, 1.807) is 0 Å². The summed E-state index contributed by atoms with van der Waals surface area (Å²) in [5.74, 6) is 1.10. The molecule has 4 heteroatoms. The van der Waals surface area contributed by atoms with E-state index in [4.69, 9.17) is 0 Å². The second kappa shape index (κ2) is 4.53. The van der Waals surface area contributed by atoms with Gasteiger partial charge >= 0.3 is 0 Å². The summed E-state index contributed by atoms with van der Waals surface area (Å²) >= 11 is 0. The number of rotatable bonds is 4. The summed E-state index contributed by atoms with van der Waals surface area (Å²) in [6.45, 7) is 6.56. The molecule has 4 nitrogen and oxygen atoms in total. The molecule has 90 valence electrons. The summed E-state index contributed by atoms with van der Waals surface area (Å²) in [5, 5.41) is 17.6. The SMILES string of the molecule is CC(C)C(C)n1nnc(CO)c1C1CCC1. The van der Waals surface area contributed by atoms with Gasteiger partial charge in [-0.2, -0.15) is 0 Å². The van der Waals surface area contributed by atoms with Crippen molar-refractivity contribution in [3.8, 4) is 0 Å². The summed E-state index contributed by atoms with van der Waals surface area (Å²) in [4.78, 5) is 0. The molecule has 16 heavy (non-hydrogen) atoms. The molecule has 1 unspecified atom stereocenters. The highest BCUT2D eigenvalue weighted by molar-refractivity contribution is 5.18. The van der Waals surface area contributed by atoms with Crippen molar-refractivity contribution in [3.63, 3.8) is 0 Å². The van der Waals surface area contributed by atoms with E-state index in [1.165, 1.54) is 25.0 Å². The van der Waals surface area contributed by atoms with Gasteiger partial charge in [-0.15, -0.1) is 5.10 Å². The van der Waals surface area contributed by atoms with E-state index in [1.807, 2.05) is 4.68 Å². The van der Waals surface area contributed by atoms with Gasteiger partial charge in [-0.3, -0.25) is 0 Å². The summed E-state index contributed by atoms with van der Waals surface area (Å²) in [6.07, 6.45) is 3.72. The molecule has 1 aliphatic carbocycles. The maximum atomic E-state index is 9.30. The van der Waals surface area contributed by atoms with Crippen molar-refractivity contribution in [3.05, 3.63) is 11.4 Å². The average molecular weight is 223 g/mol. The third kappa shape index (κ3) is 1.86. The Bertz CT molecular complexity index is 355. The lowest BCUT2D eigenvalue weighted by atomic mass is 9.81. The molecule has 0 aromatic carbocycles. The van der Waals surface area contributed by atoms with Crippen molar-refractivity contribution >= 4 is 0 Å². The molecule has 1 aliphatic rings. The van der Waals surface area contributed by atoms with Gasteiger partial charge in [0.25, 0.3) is 0 Å². The molecule has 1 heterocycles. The van der Waals surface area contributed by atoms with Crippen LogP contribution in [0.1, 0.15) is 63.4 Å². The Morgan fingerprint density at radius 2 is 2.06 bits per heavy atom. The molecule has 1 aromatic heterocycles. The molecule has 1 saturated carbocycles. The van der Waals surface area contributed by atoms with Crippen LogP contribution >= 0.6 is 0 Å². The third-order valence-electron chi connectivity index (χ3n) is 3.80. The summed E-state index contributed by atoms with van der Waals surface area (Å²) in [7, 11) is 0. The Balaban J connectivity index is 2.33. The maximum absolute atomic E-state index is 9.30. The molecule has 0 aliphatic heterocycles. The highest BCUT2D eigenvalue weighted by Gasteiger charge is 2.29. The summed E-state index contributed by atoms with van der Waals surface area (Å²) in [6, 6.07) is 0.350. The van der Waals surface area contributed by atoms with Crippen molar-refractivity contribution in [2.75, 3.05) is 0 Å². The minimum atomic E-state index is 0.0106. The van der Waals surface area contributed by atoms with E-state index in [9.17, 15) is 5.11 Å². The van der Waals surface area contributed by atoms with Crippen LogP contribution in [0.4, 0.5) is 0 Å². The van der Waals surface area contributed by atoms with Crippen molar-refractivity contribution in [2.45, 2.75) is 58.6 Å². The predicted molar refractivity (Wildman–Crippen MR) is 62.1 cm³/mol. The molecule has 1 atom stereocenters. The zero-order chi connectivity index (χ0) is 11.7. The van der Waals surface area contributed by atoms with E-state index < -0.39 is 0 Å². The topological polar surface area (TPSA) is 50.9 Å². The largest absolute Gasteiger partial charge is 0.390 e. The van der Waals surface area contributed by atoms with Crippen molar-refractivity contribution in [1.29, 1.82) is 0 Å². The normalized spacial score (nSPS) is 18.8. The van der Waals surface area contributed by atoms with Crippen molar-refractivity contribution < 1.29 is 5.11 Å². The van der Waals surface area contributed by atoms with Crippen LogP contribution in [-0.4, -0.2) is 20.1 Å². The van der Waals surface area contributed by atoms with E-state index in [0.29, 0.717) is 17.9 Å². The van der Waals surface area contributed by atoms with Crippen LogP contribution in [0, 0.1) is 5.92 Å². The lowest BCUT2D eigenvalue weighted by molar-refractivity contribution is 0.269. The number of aromatic nitrogens is 3. The van der Waals surface area contributed by atoms with Crippen LogP contribution in [0.25, 0.3) is 0 Å². The number of aliphatic hydroxyl groups is 1. The summed E-state index contributed by atoms with van der Waals surface area (Å²) in [5.41, 5.74) is 1.95. The van der Waals surface area contributed by atoms with Gasteiger partial charge in [0, 0.05) is 5.92 Å². The highest BCUT2D eigenvalue weighted by atomic mass is 16.3. The van der Waals surface area contributed by atoms with Crippen molar-refractivity contribution in [2.24, 2.45) is 5.92 Å². The fraction of sp³-hybridized carbons (Fsp3) is 0.833. The van der Waals surface area contributed by atoms with E-state index in [-0.39, 0.29) is 6.61 Å². The van der Waals surface area contributed by atoms with Gasteiger partial charge < -0.3 is 5.11 Å². The first-order valence-electron chi connectivity index (χ1n) is 6.20. The van der Waals surface area contributed by atoms with Crippen LogP contribution in [-0.2, 0) is 6.61 Å². The standard InChI is InChI=1S/C12H21N3O/c1-8(2)9(3)15-12(10-5-4-6-10)11(7-16)13-14-15/h8-10,16H,4-7H2,1-3H3. The Morgan fingerprint density at radius 3 is 2.50 bits per heavy atom. The number of nitrogens with zero attached hydrogens (tertiary/aromatic N) is 3. The molecule has 0 radical (unpaired) electrons. The van der Waals surface area contributed by atoms with Crippen LogP contribution in [0.5, 0.6) is 0 Å². The molecule has 0 bridgehead atoms. The Labute approximate surface area is 96.7 Å². The van der Waals surface area contributed by atoms with Gasteiger partial charge in [0.15, 0.2) is 0 Å². The van der Waals surface area contributed by atoms with E-state index >= 15 is 0 Å². The maximum Gasteiger partial charge on any atom is 0.112 e. The van der Waals surface area contributed by atoms with Gasteiger partial charge in [0.05, 0.1) is 18.3 Å². The lowest BCUT2D eigenvalue weighted by Gasteiger charge is -2.29. The minimum Gasteiger partial charge on any atom is -0.390 e. The smallest absolute Gasteiger partial charge is 0.112 e. The van der Waals surface area contributed by atoms with Crippen LogP contribution < -0.4 is 0 Å². The van der Waals surface area contributed by atoms with Crippen molar-refractivity contribution in [1.82, 2.24) is 15.0 Å². The lowest BCUT2D eigenvalue weighted by Crippen LogP contribution is -2.21. The fourth-order valence-electron chi connectivity index (χ4n) is 2.13. The highest BCUT2D eigenvalue weighted by Crippen LogP contribution is 2.38. The molecule has 0 amide bonds. The second-order valence-electron chi connectivity index (χ2n) is 5.14. The first-order chi connectivity index (χ1) is 7.65. The fourth-order valence-corrected chi connectivity index (χ4v) is 2.13. The van der Waals surface area contributed by atoms with Gasteiger partial charge in [0.2, 0.25) is 0 Å². The first kappa shape index (κ1) is 11.6. The van der Waals surface area contributed by atoms with Crippen LogP contribution in [0.3, 0.4) is 0 Å². The first-order valence-corrected chi connectivity index (χ1v) is 6.20. The molecular formula is C12H21N3O. The minimum absolute atomic E-state index is 0.0106. The quantitative estimate of drug-likeness (QED) is 0.851. The van der Waals surface area contributed by atoms with Gasteiger partial charge in [-0.25, -0.2) is 4.68 Å². The predicted octanol–water partition coefficient (Wildman–Crippen LogP) is 2.25. The van der Waals surface area contributed by atoms with Gasteiger partial charge in [0.1, 0.15) is 5.69 Å². The Hall–Kier alpha value is -0.900. The van der Waals surface area contributed by atoms with Crippen LogP contribution in [0.2, 0.25) is 0 Å². The second-order valence-corrected chi connectivity index (χ2v) is 5.14. The van der Waals surface area contributed by atoms with E-state index in [0.717, 1.165) is 5.69 Å². The van der Waals surface area contributed by atoms with Gasteiger partial charge in [-0.1, -0.05) is 25.5 Å². The average Bonchev–Trinajstić information content (AvgIpc) is 2.57. The molecule has 0 saturated heterocycles. The number of hydrogen-bond donors (Lipinski definition) is 1. The van der Waals surface area contributed by atoms with Crippen LogP contribution in [0.15, 0.2) is 0 Å². The Kier molecular flexibility index (Phi) is 3.28. The van der Waals surface area contributed by atoms with E-state index in [2.05, 4.69) is 31.1 Å². The van der Waals surface area contributed by atoms with Gasteiger partial charge in [-0.05, 0) is 25.7 Å². The monoisotopic (exact) mass is 223 g/mol. The molecular weight excluding hydrogens is 202 g/mol. The zero-order valence-electron chi connectivity index (χ0n) is 10.3. The number of aliphatic hydroxyl groups excluding tert-OH is 1. The molecule has 1 aromatic rings.